The average Bonchev–Trinajstić information content (AvgIpc) is 2.62. The number of carbonyl (C=O) groups is 1. The molecule has 7 nitrogen and oxygen atoms in total. The number of hydrogen-bond donors (Lipinski definition) is 4. The fourth-order valence-corrected chi connectivity index (χ4v) is 2.25. The summed E-state index contributed by atoms with van der Waals surface area (Å²) in [5, 5.41) is 32.2. The number of aromatic hydroxyl groups is 1. The Morgan fingerprint density at radius 1 is 1.20 bits per heavy atom. The third kappa shape index (κ3) is 5.90. The first-order chi connectivity index (χ1) is 12.0. The van der Waals surface area contributed by atoms with E-state index >= 15 is 0 Å². The van der Waals surface area contributed by atoms with Crippen LogP contribution in [0.4, 0.5) is 4.79 Å². The topological polar surface area (TPSA) is 112 Å². The number of ether oxygens (including phenoxy) is 1. The first-order valence-electron chi connectivity index (χ1n) is 7.63. The van der Waals surface area contributed by atoms with Gasteiger partial charge in [-0.1, -0.05) is 41.9 Å². The molecule has 2 aromatic rings. The lowest BCUT2D eigenvalue weighted by Gasteiger charge is -2.18. The molecule has 0 aliphatic rings. The first-order valence-corrected chi connectivity index (χ1v) is 8.01. The molecule has 0 saturated heterocycles. The number of alkyl carbamates (subject to hydrolysis) is 1. The maximum atomic E-state index is 11.6. The Hall–Kier alpha value is -2.35. The Morgan fingerprint density at radius 2 is 1.92 bits per heavy atom. The van der Waals surface area contributed by atoms with E-state index in [9.17, 15) is 20.1 Å². The molecule has 1 aromatic heterocycles. The molecule has 8 heteroatoms. The molecule has 0 saturated carbocycles. The molecule has 0 fully saturated rings. The zero-order chi connectivity index (χ0) is 18.2. The molecule has 2 atom stereocenters. The van der Waals surface area contributed by atoms with Crippen molar-refractivity contribution in [3.05, 3.63) is 58.9 Å². The minimum atomic E-state index is -1.43. The van der Waals surface area contributed by atoms with Gasteiger partial charge in [0.2, 0.25) is 0 Å². The number of halogens is 1. The lowest BCUT2D eigenvalue weighted by molar-refractivity contribution is 0.00975. The normalized spacial score (nSPS) is 13.1. The van der Waals surface area contributed by atoms with Crippen molar-refractivity contribution in [1.82, 2.24) is 10.3 Å². The summed E-state index contributed by atoms with van der Waals surface area (Å²) in [7, 11) is 0. The Morgan fingerprint density at radius 3 is 2.64 bits per heavy atom. The van der Waals surface area contributed by atoms with Crippen molar-refractivity contribution in [3.8, 4) is 5.75 Å². The van der Waals surface area contributed by atoms with Crippen LogP contribution in [0.1, 0.15) is 23.8 Å². The van der Waals surface area contributed by atoms with Crippen molar-refractivity contribution in [2.75, 3.05) is 6.54 Å². The van der Waals surface area contributed by atoms with Gasteiger partial charge >= 0.3 is 6.09 Å². The van der Waals surface area contributed by atoms with Gasteiger partial charge in [-0.15, -0.1) is 0 Å². The van der Waals surface area contributed by atoms with Gasteiger partial charge in [-0.25, -0.2) is 9.78 Å². The molecule has 134 valence electrons. The molecule has 4 N–H and O–H groups in total. The summed E-state index contributed by atoms with van der Waals surface area (Å²) in [5.74, 6) is -0.272. The van der Waals surface area contributed by atoms with Gasteiger partial charge in [0.25, 0.3) is 0 Å². The fraction of sp³-hybridized carbons (Fsp3) is 0.294. The van der Waals surface area contributed by atoms with Crippen LogP contribution >= 0.6 is 11.6 Å². The molecule has 0 aliphatic heterocycles. The number of benzene rings is 1. The molecular formula is C17H19ClN2O5. The summed E-state index contributed by atoms with van der Waals surface area (Å²) in [6.07, 6.45) is -3.27. The van der Waals surface area contributed by atoms with Gasteiger partial charge in [0, 0.05) is 6.54 Å². The predicted molar refractivity (Wildman–Crippen MR) is 91.1 cm³/mol. The Balaban J connectivity index is 1.75. The van der Waals surface area contributed by atoms with Gasteiger partial charge in [-0.05, 0) is 24.1 Å². The zero-order valence-electron chi connectivity index (χ0n) is 13.3. The average molecular weight is 367 g/mol. The number of aliphatic hydroxyl groups excluding tert-OH is 2. The molecule has 1 heterocycles. The standard InChI is InChI=1S/C17H19ClN2O5/c18-14-7-6-12(21)15(20-14)16(23)13(22)8-9-19-17(24)25-10-11-4-2-1-3-5-11/h1-7,13,16,21-23H,8-10H2,(H,19,24). The number of aliphatic hydroxyl groups is 2. The van der Waals surface area contributed by atoms with E-state index in [4.69, 9.17) is 16.3 Å². The summed E-state index contributed by atoms with van der Waals surface area (Å²) in [6.45, 7) is 0.214. The summed E-state index contributed by atoms with van der Waals surface area (Å²) in [5.41, 5.74) is 0.738. The minimum Gasteiger partial charge on any atom is -0.506 e. The van der Waals surface area contributed by atoms with E-state index in [1.165, 1.54) is 12.1 Å². The van der Waals surface area contributed by atoms with Gasteiger partial charge in [0.05, 0.1) is 6.10 Å². The molecule has 0 radical (unpaired) electrons. The highest BCUT2D eigenvalue weighted by Crippen LogP contribution is 2.26. The molecule has 25 heavy (non-hydrogen) atoms. The SMILES string of the molecule is O=C(NCCC(O)C(O)c1nc(Cl)ccc1O)OCc1ccccc1. The zero-order valence-corrected chi connectivity index (χ0v) is 14.1. The van der Waals surface area contributed by atoms with Gasteiger partial charge < -0.3 is 25.4 Å². The number of amides is 1. The van der Waals surface area contributed by atoms with Crippen LogP contribution in [0.3, 0.4) is 0 Å². The molecule has 0 aliphatic carbocycles. The van der Waals surface area contributed by atoms with Crippen molar-refractivity contribution in [1.29, 1.82) is 0 Å². The van der Waals surface area contributed by atoms with Crippen LogP contribution in [0.25, 0.3) is 0 Å². The Bertz CT molecular complexity index is 699. The van der Waals surface area contributed by atoms with Gasteiger partial charge in [-0.2, -0.15) is 0 Å². The van der Waals surface area contributed by atoms with E-state index in [1.807, 2.05) is 30.3 Å². The van der Waals surface area contributed by atoms with Crippen LogP contribution in [0, 0.1) is 0 Å². The van der Waals surface area contributed by atoms with Crippen molar-refractivity contribution in [2.24, 2.45) is 0 Å². The Kier molecular flexibility index (Phi) is 7.00. The number of hydrogen-bond acceptors (Lipinski definition) is 6. The highest BCUT2D eigenvalue weighted by atomic mass is 35.5. The van der Waals surface area contributed by atoms with E-state index in [0.29, 0.717) is 0 Å². The van der Waals surface area contributed by atoms with Crippen molar-refractivity contribution in [2.45, 2.75) is 25.2 Å². The van der Waals surface area contributed by atoms with E-state index in [0.717, 1.165) is 5.56 Å². The second-order valence-electron chi connectivity index (χ2n) is 5.33. The second-order valence-corrected chi connectivity index (χ2v) is 5.71. The van der Waals surface area contributed by atoms with Gasteiger partial charge in [0.15, 0.2) is 0 Å². The minimum absolute atomic E-state index is 0.0369. The maximum absolute atomic E-state index is 11.6. The largest absolute Gasteiger partial charge is 0.506 e. The molecule has 2 rings (SSSR count). The number of pyridine rings is 1. The summed E-state index contributed by atoms with van der Waals surface area (Å²) in [4.78, 5) is 15.4. The summed E-state index contributed by atoms with van der Waals surface area (Å²) >= 11 is 5.71. The van der Waals surface area contributed by atoms with Crippen molar-refractivity contribution >= 4 is 17.7 Å². The van der Waals surface area contributed by atoms with Crippen molar-refractivity contribution < 1.29 is 24.9 Å². The van der Waals surface area contributed by atoms with E-state index in [-0.39, 0.29) is 36.2 Å². The summed E-state index contributed by atoms with van der Waals surface area (Å²) < 4.78 is 5.03. The van der Waals surface area contributed by atoms with E-state index in [2.05, 4.69) is 10.3 Å². The smallest absolute Gasteiger partial charge is 0.407 e. The lowest BCUT2D eigenvalue weighted by atomic mass is 10.1. The number of nitrogens with zero attached hydrogens (tertiary/aromatic N) is 1. The van der Waals surface area contributed by atoms with Crippen LogP contribution in [0.15, 0.2) is 42.5 Å². The quantitative estimate of drug-likeness (QED) is 0.559. The van der Waals surface area contributed by atoms with Crippen LogP contribution in [0.5, 0.6) is 5.75 Å². The van der Waals surface area contributed by atoms with E-state index in [1.54, 1.807) is 0 Å². The monoisotopic (exact) mass is 366 g/mol. The van der Waals surface area contributed by atoms with Gasteiger partial charge in [-0.3, -0.25) is 0 Å². The molecule has 0 spiro atoms. The fourth-order valence-electron chi connectivity index (χ4n) is 2.10. The van der Waals surface area contributed by atoms with E-state index < -0.39 is 18.3 Å². The third-order valence-corrected chi connectivity index (χ3v) is 3.65. The molecular weight excluding hydrogens is 348 g/mol. The molecule has 1 amide bonds. The number of aromatic nitrogens is 1. The van der Waals surface area contributed by atoms with Crippen LogP contribution in [-0.4, -0.2) is 39.0 Å². The first kappa shape index (κ1) is 19.0. The van der Waals surface area contributed by atoms with Crippen LogP contribution in [-0.2, 0) is 11.3 Å². The molecule has 0 bridgehead atoms. The number of nitrogens with one attached hydrogen (secondary N) is 1. The number of carbonyl (C=O) groups excluding carboxylic acids is 1. The molecule has 1 aromatic carbocycles. The number of rotatable bonds is 7. The lowest BCUT2D eigenvalue weighted by Crippen LogP contribution is -2.30. The highest BCUT2D eigenvalue weighted by Gasteiger charge is 2.23. The van der Waals surface area contributed by atoms with Crippen LogP contribution in [0.2, 0.25) is 5.15 Å². The maximum Gasteiger partial charge on any atom is 0.407 e. The summed E-state index contributed by atoms with van der Waals surface area (Å²) in [6, 6.07) is 11.9. The third-order valence-electron chi connectivity index (χ3n) is 3.44. The Labute approximate surface area is 149 Å². The van der Waals surface area contributed by atoms with Crippen LogP contribution < -0.4 is 5.32 Å². The van der Waals surface area contributed by atoms with Crippen molar-refractivity contribution in [3.63, 3.8) is 0 Å². The predicted octanol–water partition coefficient (Wildman–Crippen LogP) is 2.15. The second kappa shape index (κ2) is 9.22. The van der Waals surface area contributed by atoms with Gasteiger partial charge in [0.1, 0.15) is 29.3 Å². The molecule has 2 unspecified atom stereocenters. The highest BCUT2D eigenvalue weighted by molar-refractivity contribution is 6.29.